The molecule has 0 spiro atoms. The first-order chi connectivity index (χ1) is 28.2. The fraction of sp³-hybridized carbons (Fsp3) is 0.286. The molecule has 3 aliphatic heterocycles. The molecule has 13 nitrogen and oxygen atoms in total. The van der Waals surface area contributed by atoms with Gasteiger partial charge in [0.15, 0.2) is 0 Å². The Kier molecular flexibility index (Phi) is 41.2. The predicted molar refractivity (Wildman–Crippen MR) is 314 cm³/mol. The van der Waals surface area contributed by atoms with Gasteiger partial charge in [0.05, 0.1) is 0 Å². The van der Waals surface area contributed by atoms with Gasteiger partial charge in [-0.3, -0.25) is 6.79 Å². The molecule has 0 bridgehead atoms. The molecule has 408 valence electrons. The second-order valence-electron chi connectivity index (χ2n) is 15.9. The second-order valence-corrected chi connectivity index (χ2v) is 54.9. The second kappa shape index (κ2) is 33.2. The SMILES string of the molecule is C=C[Si]1(C)O[Si](C)(C=C)O[Si](C)(C=C)O[Si](C)(C=C)O1.C=C[Si]1(C)O[Si](C)(C=C)O[Si](C)(C=C)O[Si](C)(C=C)O1.C=C[Si]1(C)O[Si](C)(C=C)O[Si](C)(C=C)O[Si](C)(C=C)O1.[CH-]=O.[CH3-].[CH3-].[CH3-].[CH3-].[CH3-].[Pt].[Pt]. The van der Waals surface area contributed by atoms with E-state index < -0.39 is 103 Å². The molecule has 3 rings (SSSR count). The van der Waals surface area contributed by atoms with Crippen LogP contribution in [0.5, 0.6) is 0 Å². The van der Waals surface area contributed by atoms with Crippen LogP contribution in [0.15, 0.2) is 147 Å². The quantitative estimate of drug-likeness (QED) is 0.105. The average Bonchev–Trinajstić information content (AvgIpc) is 3.20. The van der Waals surface area contributed by atoms with Crippen molar-refractivity contribution in [3.05, 3.63) is 184 Å². The molecule has 0 atom stereocenters. The van der Waals surface area contributed by atoms with E-state index in [-0.39, 0.29) is 79.3 Å². The van der Waals surface area contributed by atoms with Crippen molar-refractivity contribution in [1.82, 2.24) is 0 Å². The number of carbonyl (C=O) groups excluding carboxylic acids is 1. The van der Waals surface area contributed by atoms with Crippen molar-refractivity contribution in [2.45, 2.75) is 78.6 Å². The molecule has 3 heterocycles. The minimum absolute atomic E-state index is 0. The van der Waals surface area contributed by atoms with Crippen molar-refractivity contribution in [3.63, 3.8) is 0 Å². The molecule has 0 saturated carbocycles. The van der Waals surface area contributed by atoms with E-state index >= 15 is 0 Å². The molecule has 0 amide bonds. The summed E-state index contributed by atoms with van der Waals surface area (Å²) in [6, 6.07) is 0. The van der Waals surface area contributed by atoms with Crippen LogP contribution in [0.25, 0.3) is 0 Å². The van der Waals surface area contributed by atoms with E-state index in [1.165, 1.54) is 0 Å². The van der Waals surface area contributed by atoms with E-state index in [9.17, 15) is 0 Å². The van der Waals surface area contributed by atoms with Crippen LogP contribution in [0.2, 0.25) is 78.6 Å². The summed E-state index contributed by atoms with van der Waals surface area (Å²) in [5.41, 5.74) is 21.0. The van der Waals surface area contributed by atoms with Gasteiger partial charge in [-0.15, -0.1) is 78.9 Å². The van der Waals surface area contributed by atoms with E-state index in [2.05, 4.69) is 85.7 Å². The summed E-state index contributed by atoms with van der Waals surface area (Å²) >= 11 is 0. The van der Waals surface area contributed by atoms with Crippen LogP contribution in [0.4, 0.5) is 0 Å². The monoisotopic (exact) mass is 1530 g/mol. The average molecular weight is 1530 g/mol. The Morgan fingerprint density at radius 3 is 0.290 bits per heavy atom. The Morgan fingerprint density at radius 2 is 0.261 bits per heavy atom. The molecule has 0 aromatic heterocycles. The van der Waals surface area contributed by atoms with Crippen molar-refractivity contribution < 1.29 is 96.3 Å². The molecular formula is C42H88O13Pt2Si12-6. The topological polar surface area (TPSA) is 128 Å². The Bertz CT molecular complexity index is 1270. The Morgan fingerprint density at radius 1 is 0.217 bits per heavy atom. The maximum absolute atomic E-state index is 7.75. The third-order valence-electron chi connectivity index (χ3n) is 9.31. The van der Waals surface area contributed by atoms with Crippen LogP contribution >= 0.6 is 0 Å². The summed E-state index contributed by atoms with van der Waals surface area (Å²) in [5.74, 6) is 0. The van der Waals surface area contributed by atoms with Gasteiger partial charge in [0.2, 0.25) is 0 Å². The van der Waals surface area contributed by atoms with Crippen molar-refractivity contribution in [2.24, 2.45) is 0 Å². The summed E-state index contributed by atoms with van der Waals surface area (Å²) in [4.78, 5) is 7.75. The first kappa shape index (κ1) is 85.8. The van der Waals surface area contributed by atoms with E-state index in [1.54, 1.807) is 68.4 Å². The van der Waals surface area contributed by atoms with Crippen LogP contribution in [0.3, 0.4) is 0 Å². The van der Waals surface area contributed by atoms with Crippen LogP contribution in [-0.2, 0) is 96.3 Å². The van der Waals surface area contributed by atoms with Crippen LogP contribution < -0.4 is 0 Å². The van der Waals surface area contributed by atoms with E-state index in [0.29, 0.717) is 0 Å². The van der Waals surface area contributed by atoms with Crippen LogP contribution in [0, 0.1) is 37.1 Å². The molecule has 3 fully saturated rings. The normalized spacial score (nSPS) is 39.9. The number of rotatable bonds is 12. The zero-order valence-electron chi connectivity index (χ0n) is 44.9. The van der Waals surface area contributed by atoms with Gasteiger partial charge in [0, 0.05) is 42.1 Å². The van der Waals surface area contributed by atoms with Crippen LogP contribution in [0.1, 0.15) is 0 Å². The molecule has 0 N–H and O–H groups in total. The van der Waals surface area contributed by atoms with Gasteiger partial charge in [-0.1, -0.05) is 68.4 Å². The Hall–Kier alpha value is 0.0492. The first-order valence-electron chi connectivity index (χ1n) is 19.5. The van der Waals surface area contributed by atoms with Gasteiger partial charge in [0.1, 0.15) is 0 Å². The Labute approximate surface area is 464 Å². The van der Waals surface area contributed by atoms with Crippen molar-refractivity contribution in [3.8, 4) is 0 Å². The maximum atomic E-state index is 7.75. The third kappa shape index (κ3) is 25.4. The fourth-order valence-corrected chi connectivity index (χ4v) is 59.2. The Balaban J connectivity index is -0.000000126. The maximum Gasteiger partial charge on any atom is 0.344 e. The summed E-state index contributed by atoms with van der Waals surface area (Å²) in [6.07, 6.45) is 0. The van der Waals surface area contributed by atoms with Gasteiger partial charge in [-0.25, -0.2) is 0 Å². The number of hydrogen-bond acceptors (Lipinski definition) is 13. The van der Waals surface area contributed by atoms with Crippen molar-refractivity contribution >= 4 is 110 Å². The molecule has 69 heavy (non-hydrogen) atoms. The summed E-state index contributed by atoms with van der Waals surface area (Å²) in [5, 5.41) is 0. The third-order valence-corrected chi connectivity index (χ3v) is 57.1. The summed E-state index contributed by atoms with van der Waals surface area (Å²) in [7, 11) is -31.2. The molecule has 0 unspecified atom stereocenters. The summed E-state index contributed by atoms with van der Waals surface area (Å²) in [6.45, 7) is 72.7. The van der Waals surface area contributed by atoms with E-state index in [0.717, 1.165) is 0 Å². The molecule has 0 aromatic rings. The molecule has 0 aliphatic carbocycles. The molecule has 3 saturated heterocycles. The molecule has 0 aromatic carbocycles. The first-order valence-corrected chi connectivity index (χ1v) is 48.2. The largest absolute Gasteiger partial charge is 0.545 e. The zero-order chi connectivity index (χ0) is 49.0. The van der Waals surface area contributed by atoms with Gasteiger partial charge in [-0.2, -0.15) is 0 Å². The van der Waals surface area contributed by atoms with Crippen molar-refractivity contribution in [1.29, 1.82) is 0 Å². The van der Waals surface area contributed by atoms with Gasteiger partial charge < -0.3 is 91.3 Å². The minimum Gasteiger partial charge on any atom is -0.545 e. The molecule has 0 radical (unpaired) electrons. The number of hydrogen-bond donors (Lipinski definition) is 0. The molecular weight excluding hydrogens is 1440 g/mol. The van der Waals surface area contributed by atoms with Crippen LogP contribution in [-0.4, -0.2) is 110 Å². The zero-order valence-corrected chi connectivity index (χ0v) is 61.5. The fourth-order valence-electron chi connectivity index (χ4n) is 6.08. The van der Waals surface area contributed by atoms with Crippen molar-refractivity contribution in [2.75, 3.05) is 0 Å². The summed E-state index contributed by atoms with van der Waals surface area (Å²) < 4.78 is 75.0. The minimum atomic E-state index is -2.60. The molecule has 3 aliphatic rings. The van der Waals surface area contributed by atoms with Gasteiger partial charge in [-0.05, 0) is 78.6 Å². The van der Waals surface area contributed by atoms with E-state index in [4.69, 9.17) is 54.2 Å². The van der Waals surface area contributed by atoms with Gasteiger partial charge >= 0.3 is 103 Å². The standard InChI is InChI=1S/3C12H24O4Si4.CHO.5CH3.2Pt/c3*1-9-17(5)13-18(6,10-2)15-20(8,12-4)16-19(7,11-3)14-17;1-2;;;;;;;/h3*9-12H,1-4H2,5-8H3;1H;5*1H3;;/q;;;6*-1;;. The molecule has 27 heteroatoms. The predicted octanol–water partition coefficient (Wildman–Crippen LogP) is 11.7. The smallest absolute Gasteiger partial charge is 0.344 e. The van der Waals surface area contributed by atoms with Gasteiger partial charge in [0.25, 0.3) is 0 Å². The van der Waals surface area contributed by atoms with E-state index in [1.807, 2.05) is 78.6 Å².